The van der Waals surface area contributed by atoms with Crippen molar-refractivity contribution < 1.29 is 0 Å². The lowest BCUT2D eigenvalue weighted by atomic mass is 10.3. The number of nitrogens with zero attached hydrogens (tertiary/aromatic N) is 7. The van der Waals surface area contributed by atoms with Gasteiger partial charge >= 0.3 is 0 Å². The van der Waals surface area contributed by atoms with Crippen molar-refractivity contribution in [3.05, 3.63) is 36.4 Å². The average Bonchev–Trinajstić information content (AvgIpc) is 2.57. The van der Waals surface area contributed by atoms with E-state index in [2.05, 4.69) is 30.0 Å². The van der Waals surface area contributed by atoms with Crippen LogP contribution >= 0.6 is 0 Å². The molecule has 0 aliphatic carbocycles. The Morgan fingerprint density at radius 2 is 1.86 bits per heavy atom. The molecule has 0 atom stereocenters. The lowest BCUT2D eigenvalue weighted by Gasteiger charge is -2.34. The van der Waals surface area contributed by atoms with Crippen molar-refractivity contribution in [2.75, 3.05) is 50.1 Å². The summed E-state index contributed by atoms with van der Waals surface area (Å²) >= 11 is 0. The maximum absolute atomic E-state index is 4.33. The quantitative estimate of drug-likeness (QED) is 0.821. The summed E-state index contributed by atoms with van der Waals surface area (Å²) in [6.07, 6.45) is 5.28. The zero-order valence-electron chi connectivity index (χ0n) is 13.1. The van der Waals surface area contributed by atoms with Gasteiger partial charge in [0.1, 0.15) is 0 Å². The van der Waals surface area contributed by atoms with Crippen LogP contribution < -0.4 is 9.80 Å². The van der Waals surface area contributed by atoms with Crippen LogP contribution in [0.25, 0.3) is 0 Å². The summed E-state index contributed by atoms with van der Waals surface area (Å²) < 4.78 is 0. The molecule has 116 valence electrons. The van der Waals surface area contributed by atoms with E-state index in [1.807, 2.05) is 37.3 Å². The minimum absolute atomic E-state index is 0.854. The van der Waals surface area contributed by atoms with Crippen molar-refractivity contribution in [3.8, 4) is 0 Å². The highest BCUT2D eigenvalue weighted by atomic mass is 15.3. The molecule has 1 saturated heterocycles. The molecule has 0 radical (unpaired) electrons. The van der Waals surface area contributed by atoms with Crippen LogP contribution in [0.5, 0.6) is 0 Å². The summed E-state index contributed by atoms with van der Waals surface area (Å²) in [6.45, 7) is 4.75. The highest BCUT2D eigenvalue weighted by Crippen LogP contribution is 2.15. The van der Waals surface area contributed by atoms with Crippen LogP contribution in [0.3, 0.4) is 0 Å². The van der Waals surface area contributed by atoms with Gasteiger partial charge in [-0.3, -0.25) is 14.9 Å². The Morgan fingerprint density at radius 3 is 2.45 bits per heavy atom. The predicted molar refractivity (Wildman–Crippen MR) is 85.9 cm³/mol. The van der Waals surface area contributed by atoms with Gasteiger partial charge in [-0.1, -0.05) is 0 Å². The maximum Gasteiger partial charge on any atom is 0.151 e. The first-order chi connectivity index (χ1) is 10.7. The van der Waals surface area contributed by atoms with E-state index in [0.717, 1.165) is 50.1 Å². The molecule has 0 amide bonds. The first-order valence-electron chi connectivity index (χ1n) is 7.45. The topological polar surface area (TPSA) is 61.3 Å². The highest BCUT2D eigenvalue weighted by molar-refractivity contribution is 5.44. The third kappa shape index (κ3) is 3.48. The van der Waals surface area contributed by atoms with Crippen molar-refractivity contribution in [3.63, 3.8) is 0 Å². The molecule has 1 aliphatic heterocycles. The van der Waals surface area contributed by atoms with Gasteiger partial charge in [0.25, 0.3) is 0 Å². The Kier molecular flexibility index (Phi) is 4.43. The Bertz CT molecular complexity index is 577. The first kappa shape index (κ1) is 14.6. The van der Waals surface area contributed by atoms with E-state index in [0.29, 0.717) is 0 Å². The molecule has 1 fully saturated rings. The summed E-state index contributed by atoms with van der Waals surface area (Å²) in [7, 11) is 3.93. The Labute approximate surface area is 130 Å². The van der Waals surface area contributed by atoms with Crippen molar-refractivity contribution >= 4 is 11.6 Å². The van der Waals surface area contributed by atoms with Gasteiger partial charge in [-0.05, 0) is 12.1 Å². The minimum Gasteiger partial charge on any atom is -0.361 e. The fourth-order valence-corrected chi connectivity index (χ4v) is 2.50. The number of aromatic nitrogens is 4. The first-order valence-corrected chi connectivity index (χ1v) is 7.45. The maximum atomic E-state index is 4.33. The van der Waals surface area contributed by atoms with Gasteiger partial charge in [-0.2, -0.15) is 0 Å². The van der Waals surface area contributed by atoms with Gasteiger partial charge in [-0.25, -0.2) is 0 Å². The van der Waals surface area contributed by atoms with E-state index in [9.17, 15) is 0 Å². The van der Waals surface area contributed by atoms with E-state index in [-0.39, 0.29) is 0 Å². The van der Waals surface area contributed by atoms with Crippen LogP contribution in [0.2, 0.25) is 0 Å². The molecule has 7 heteroatoms. The van der Waals surface area contributed by atoms with Crippen molar-refractivity contribution in [1.82, 2.24) is 25.1 Å². The molecule has 0 N–H and O–H groups in total. The van der Waals surface area contributed by atoms with E-state index >= 15 is 0 Å². The lowest BCUT2D eigenvalue weighted by Crippen LogP contribution is -2.46. The largest absolute Gasteiger partial charge is 0.361 e. The molecular formula is C15H21N7. The third-order valence-corrected chi connectivity index (χ3v) is 3.79. The van der Waals surface area contributed by atoms with Crippen LogP contribution in [-0.4, -0.2) is 65.3 Å². The van der Waals surface area contributed by atoms with E-state index in [1.54, 1.807) is 12.4 Å². The van der Waals surface area contributed by atoms with Crippen LogP contribution in [0.15, 0.2) is 30.7 Å². The van der Waals surface area contributed by atoms with Crippen LogP contribution in [0, 0.1) is 0 Å². The predicted octanol–water partition coefficient (Wildman–Crippen LogP) is 0.655. The standard InChI is InChI=1S/C15H21N7/c1-20(2)14-3-4-15(19-18-14)22-9-7-21(8-10-22)12-13-11-16-5-6-17-13/h3-6,11H,7-10,12H2,1-2H3. The molecule has 7 nitrogen and oxygen atoms in total. The second kappa shape index (κ2) is 6.65. The van der Waals surface area contributed by atoms with Gasteiger partial charge < -0.3 is 9.80 Å². The molecule has 0 aromatic carbocycles. The molecular weight excluding hydrogens is 278 g/mol. The fraction of sp³-hybridized carbons (Fsp3) is 0.467. The third-order valence-electron chi connectivity index (χ3n) is 3.79. The van der Waals surface area contributed by atoms with Crippen molar-refractivity contribution in [2.45, 2.75) is 6.54 Å². The summed E-state index contributed by atoms with van der Waals surface area (Å²) in [5.74, 6) is 1.83. The molecule has 22 heavy (non-hydrogen) atoms. The van der Waals surface area contributed by atoms with E-state index in [1.165, 1.54) is 0 Å². The van der Waals surface area contributed by atoms with Gasteiger partial charge in [0.05, 0.1) is 5.69 Å². The smallest absolute Gasteiger partial charge is 0.151 e. The summed E-state index contributed by atoms with van der Waals surface area (Å²) in [5, 5.41) is 8.57. The molecule has 3 heterocycles. The van der Waals surface area contributed by atoms with Gasteiger partial charge in [0, 0.05) is 65.4 Å². The molecule has 2 aromatic rings. The fourth-order valence-electron chi connectivity index (χ4n) is 2.50. The zero-order valence-corrected chi connectivity index (χ0v) is 13.1. The molecule has 1 aliphatic rings. The molecule has 0 bridgehead atoms. The van der Waals surface area contributed by atoms with Crippen molar-refractivity contribution in [1.29, 1.82) is 0 Å². The zero-order chi connectivity index (χ0) is 15.4. The molecule has 0 spiro atoms. The van der Waals surface area contributed by atoms with Gasteiger partial charge in [0.15, 0.2) is 11.6 Å². The number of hydrogen-bond acceptors (Lipinski definition) is 7. The van der Waals surface area contributed by atoms with Crippen LogP contribution in [0.1, 0.15) is 5.69 Å². The minimum atomic E-state index is 0.854. The Hall–Kier alpha value is -2.28. The van der Waals surface area contributed by atoms with E-state index in [4.69, 9.17) is 0 Å². The van der Waals surface area contributed by atoms with Crippen LogP contribution in [0.4, 0.5) is 11.6 Å². The molecule has 0 saturated carbocycles. The number of piperazine rings is 1. The number of rotatable bonds is 4. The number of hydrogen-bond donors (Lipinski definition) is 0. The van der Waals surface area contributed by atoms with Gasteiger partial charge in [-0.15, -0.1) is 10.2 Å². The second-order valence-electron chi connectivity index (χ2n) is 5.60. The van der Waals surface area contributed by atoms with E-state index < -0.39 is 0 Å². The van der Waals surface area contributed by atoms with Gasteiger partial charge in [0.2, 0.25) is 0 Å². The summed E-state index contributed by atoms with van der Waals surface area (Å²) in [6, 6.07) is 4.05. The van der Waals surface area contributed by atoms with Crippen LogP contribution in [-0.2, 0) is 6.54 Å². The average molecular weight is 299 g/mol. The normalized spacial score (nSPS) is 15.8. The SMILES string of the molecule is CN(C)c1ccc(N2CCN(Cc3cnccn3)CC2)nn1. The Morgan fingerprint density at radius 1 is 1.05 bits per heavy atom. The second-order valence-corrected chi connectivity index (χ2v) is 5.60. The summed E-state index contributed by atoms with van der Waals surface area (Å²) in [4.78, 5) is 15.1. The molecule has 0 unspecified atom stereocenters. The number of anilines is 2. The summed E-state index contributed by atoms with van der Waals surface area (Å²) in [5.41, 5.74) is 1.02. The molecule has 3 rings (SSSR count). The molecule has 2 aromatic heterocycles. The Balaban J connectivity index is 1.55. The van der Waals surface area contributed by atoms with Crippen molar-refractivity contribution in [2.24, 2.45) is 0 Å². The monoisotopic (exact) mass is 299 g/mol. The lowest BCUT2D eigenvalue weighted by molar-refractivity contribution is 0.246. The highest BCUT2D eigenvalue weighted by Gasteiger charge is 2.18.